The third kappa shape index (κ3) is 2.71. The fourth-order valence-corrected chi connectivity index (χ4v) is 2.10. The second kappa shape index (κ2) is 5.40. The molecule has 0 unspecified atom stereocenters. The van der Waals surface area contributed by atoms with E-state index in [4.69, 9.17) is 0 Å². The molecule has 18 heavy (non-hydrogen) atoms. The van der Waals surface area contributed by atoms with Gasteiger partial charge in [0.1, 0.15) is 0 Å². The Morgan fingerprint density at radius 3 is 1.72 bits per heavy atom. The number of hydrogen-bond donors (Lipinski definition) is 0. The zero-order valence-electron chi connectivity index (χ0n) is 9.06. The van der Waals surface area contributed by atoms with Gasteiger partial charge in [-0.2, -0.15) is 0 Å². The standard InChI is InChI=1S/C8H7N3O6S/c1-2-18-8-6(10(14)15)3-5(9(12)13)4-7(8)11(16)17/h3-4H,2H2,1H3. The average molecular weight is 273 g/mol. The zero-order valence-corrected chi connectivity index (χ0v) is 9.88. The summed E-state index contributed by atoms with van der Waals surface area (Å²) in [6.07, 6.45) is 0. The van der Waals surface area contributed by atoms with E-state index in [2.05, 4.69) is 0 Å². The van der Waals surface area contributed by atoms with E-state index in [0.29, 0.717) is 5.75 Å². The van der Waals surface area contributed by atoms with Crippen LogP contribution in [0.1, 0.15) is 6.92 Å². The molecule has 0 spiro atoms. The van der Waals surface area contributed by atoms with Gasteiger partial charge in [0.25, 0.3) is 17.1 Å². The van der Waals surface area contributed by atoms with E-state index in [9.17, 15) is 30.3 Å². The van der Waals surface area contributed by atoms with Gasteiger partial charge in [-0.05, 0) is 5.75 Å². The normalized spacial score (nSPS) is 10.1. The van der Waals surface area contributed by atoms with E-state index < -0.39 is 31.8 Å². The van der Waals surface area contributed by atoms with Crippen molar-refractivity contribution in [3.8, 4) is 0 Å². The van der Waals surface area contributed by atoms with Gasteiger partial charge in [-0.25, -0.2) is 0 Å². The predicted octanol–water partition coefficient (Wildman–Crippen LogP) is 2.52. The molecular weight excluding hydrogens is 266 g/mol. The topological polar surface area (TPSA) is 129 Å². The summed E-state index contributed by atoms with van der Waals surface area (Å²) in [5.41, 5.74) is -1.92. The Balaban J connectivity index is 3.59. The number of nitro benzene ring substituents is 3. The van der Waals surface area contributed by atoms with E-state index in [1.165, 1.54) is 0 Å². The number of hydrogen-bond acceptors (Lipinski definition) is 7. The van der Waals surface area contributed by atoms with Gasteiger partial charge < -0.3 is 0 Å². The maximum Gasteiger partial charge on any atom is 0.296 e. The lowest BCUT2D eigenvalue weighted by molar-refractivity contribution is -0.407. The van der Waals surface area contributed by atoms with Gasteiger partial charge in [0.15, 0.2) is 4.90 Å². The number of nitrogens with zero attached hydrogens (tertiary/aromatic N) is 3. The van der Waals surface area contributed by atoms with Crippen molar-refractivity contribution >= 4 is 28.8 Å². The molecule has 1 aromatic rings. The van der Waals surface area contributed by atoms with Crippen LogP contribution >= 0.6 is 11.8 Å². The van der Waals surface area contributed by atoms with E-state index in [1.54, 1.807) is 6.92 Å². The molecule has 0 saturated heterocycles. The molecule has 0 saturated carbocycles. The number of rotatable bonds is 5. The van der Waals surface area contributed by atoms with Gasteiger partial charge in [0, 0.05) is 0 Å². The van der Waals surface area contributed by atoms with Crippen LogP contribution in [0.3, 0.4) is 0 Å². The van der Waals surface area contributed by atoms with Crippen LogP contribution in [0.2, 0.25) is 0 Å². The number of thioether (sulfide) groups is 1. The maximum absolute atomic E-state index is 10.8. The van der Waals surface area contributed by atoms with Crippen molar-refractivity contribution in [3.63, 3.8) is 0 Å². The van der Waals surface area contributed by atoms with Crippen LogP contribution < -0.4 is 0 Å². The molecule has 0 aromatic heterocycles. The Hall–Kier alpha value is -2.23. The first kappa shape index (κ1) is 13.8. The summed E-state index contributed by atoms with van der Waals surface area (Å²) in [6.45, 7) is 1.67. The van der Waals surface area contributed by atoms with Crippen LogP contribution in [-0.2, 0) is 0 Å². The van der Waals surface area contributed by atoms with E-state index in [-0.39, 0.29) is 4.90 Å². The minimum atomic E-state index is -0.902. The Labute approximate surface area is 104 Å². The summed E-state index contributed by atoms with van der Waals surface area (Å²) < 4.78 is 0. The van der Waals surface area contributed by atoms with Crippen LogP contribution in [0.4, 0.5) is 17.1 Å². The highest BCUT2D eigenvalue weighted by Gasteiger charge is 2.30. The summed E-state index contributed by atoms with van der Waals surface area (Å²) in [4.78, 5) is 29.4. The zero-order chi connectivity index (χ0) is 13.9. The highest BCUT2D eigenvalue weighted by atomic mass is 32.2. The lowest BCUT2D eigenvalue weighted by Gasteiger charge is -2.02. The molecule has 0 aliphatic heterocycles. The minimum absolute atomic E-state index is 0.168. The maximum atomic E-state index is 10.8. The molecule has 9 nitrogen and oxygen atoms in total. The van der Waals surface area contributed by atoms with Crippen molar-refractivity contribution in [2.75, 3.05) is 5.75 Å². The fraction of sp³-hybridized carbons (Fsp3) is 0.250. The van der Waals surface area contributed by atoms with Crippen molar-refractivity contribution in [3.05, 3.63) is 42.5 Å². The molecule has 0 aliphatic rings. The molecule has 1 rings (SSSR count). The number of non-ortho nitro benzene ring substituents is 1. The van der Waals surface area contributed by atoms with Crippen LogP contribution in [0.15, 0.2) is 17.0 Å². The van der Waals surface area contributed by atoms with Gasteiger partial charge >= 0.3 is 0 Å². The van der Waals surface area contributed by atoms with Gasteiger partial charge in [0.2, 0.25) is 0 Å². The molecule has 96 valence electrons. The monoisotopic (exact) mass is 273 g/mol. The quantitative estimate of drug-likeness (QED) is 0.457. The second-order valence-electron chi connectivity index (χ2n) is 3.02. The second-order valence-corrected chi connectivity index (χ2v) is 4.29. The van der Waals surface area contributed by atoms with Crippen molar-refractivity contribution in [2.24, 2.45) is 0 Å². The molecule has 0 heterocycles. The minimum Gasteiger partial charge on any atom is -0.258 e. The summed E-state index contributed by atoms with van der Waals surface area (Å²) in [7, 11) is 0. The first-order valence-corrected chi connectivity index (χ1v) is 5.61. The Kier molecular flexibility index (Phi) is 4.15. The fourth-order valence-electron chi connectivity index (χ4n) is 1.25. The molecule has 0 radical (unpaired) electrons. The highest BCUT2D eigenvalue weighted by molar-refractivity contribution is 7.99. The van der Waals surface area contributed by atoms with Crippen LogP contribution in [-0.4, -0.2) is 20.5 Å². The largest absolute Gasteiger partial charge is 0.296 e. The average Bonchev–Trinajstić information content (AvgIpc) is 2.28. The lowest BCUT2D eigenvalue weighted by atomic mass is 10.2. The first-order valence-electron chi connectivity index (χ1n) is 4.62. The molecule has 0 atom stereocenters. The summed E-state index contributed by atoms with van der Waals surface area (Å²) in [6, 6.07) is 1.45. The third-order valence-electron chi connectivity index (χ3n) is 1.93. The number of nitro groups is 3. The smallest absolute Gasteiger partial charge is 0.258 e. The SMILES string of the molecule is CCSc1c([N+](=O)[O-])cc([N+](=O)[O-])cc1[N+](=O)[O-]. The Morgan fingerprint density at radius 2 is 1.44 bits per heavy atom. The van der Waals surface area contributed by atoms with Crippen molar-refractivity contribution in [1.29, 1.82) is 0 Å². The molecule has 0 fully saturated rings. The first-order chi connectivity index (χ1) is 8.38. The lowest BCUT2D eigenvalue weighted by Crippen LogP contribution is -2.00. The Bertz CT molecular complexity index is 497. The summed E-state index contributed by atoms with van der Waals surface area (Å²) >= 11 is 0.900. The van der Waals surface area contributed by atoms with Gasteiger partial charge in [0.05, 0.1) is 26.9 Å². The van der Waals surface area contributed by atoms with Gasteiger partial charge in [-0.1, -0.05) is 6.92 Å². The summed E-state index contributed by atoms with van der Waals surface area (Å²) in [5.74, 6) is 0.374. The van der Waals surface area contributed by atoms with Crippen LogP contribution in [0, 0.1) is 30.3 Å². The van der Waals surface area contributed by atoms with E-state index >= 15 is 0 Å². The molecule has 1 aromatic carbocycles. The molecule has 0 bridgehead atoms. The van der Waals surface area contributed by atoms with Gasteiger partial charge in [-0.3, -0.25) is 30.3 Å². The van der Waals surface area contributed by atoms with Crippen molar-refractivity contribution in [2.45, 2.75) is 11.8 Å². The van der Waals surface area contributed by atoms with Crippen LogP contribution in [0.5, 0.6) is 0 Å². The third-order valence-corrected chi connectivity index (χ3v) is 2.92. The van der Waals surface area contributed by atoms with Gasteiger partial charge in [-0.15, -0.1) is 11.8 Å². The molecule has 0 aliphatic carbocycles. The molecule has 0 N–H and O–H groups in total. The number of benzene rings is 1. The van der Waals surface area contributed by atoms with Crippen molar-refractivity contribution < 1.29 is 14.8 Å². The molecular formula is C8H7N3O6S. The Morgan fingerprint density at radius 1 is 1.00 bits per heavy atom. The molecule has 10 heteroatoms. The predicted molar refractivity (Wildman–Crippen MR) is 62.8 cm³/mol. The van der Waals surface area contributed by atoms with Crippen molar-refractivity contribution in [1.82, 2.24) is 0 Å². The van der Waals surface area contributed by atoms with Crippen LogP contribution in [0.25, 0.3) is 0 Å². The highest BCUT2D eigenvalue weighted by Crippen LogP contribution is 2.40. The van der Waals surface area contributed by atoms with E-state index in [1.807, 2.05) is 0 Å². The summed E-state index contributed by atoms with van der Waals surface area (Å²) in [5, 5.41) is 32.2. The van der Waals surface area contributed by atoms with E-state index in [0.717, 1.165) is 23.9 Å². The molecule has 0 amide bonds.